The maximum Gasteiger partial charge on any atom is 0.339 e. The van der Waals surface area contributed by atoms with Gasteiger partial charge in [-0.1, -0.05) is 72.3 Å². The average Bonchev–Trinajstić information content (AvgIpc) is 2.68. The molecule has 2 nitrogen and oxygen atoms in total. The van der Waals surface area contributed by atoms with E-state index in [4.69, 9.17) is 16.3 Å². The van der Waals surface area contributed by atoms with E-state index < -0.39 is 5.97 Å². The number of benzene rings is 4. The van der Waals surface area contributed by atoms with Crippen molar-refractivity contribution in [1.29, 1.82) is 0 Å². The Balaban J connectivity index is 1.89. The van der Waals surface area contributed by atoms with Gasteiger partial charge in [0.15, 0.2) is 6.07 Å². The van der Waals surface area contributed by atoms with Crippen LogP contribution in [0.1, 0.15) is 10.4 Å². The van der Waals surface area contributed by atoms with E-state index in [1.54, 1.807) is 12.1 Å². The van der Waals surface area contributed by atoms with Crippen molar-refractivity contribution in [2.45, 2.75) is 0 Å². The number of rotatable bonds is 3. The topological polar surface area (TPSA) is 26.3 Å². The van der Waals surface area contributed by atoms with Crippen LogP contribution >= 0.6 is 11.6 Å². The van der Waals surface area contributed by atoms with Gasteiger partial charge in [0.2, 0.25) is 0 Å². The molecule has 0 atom stereocenters. The van der Waals surface area contributed by atoms with Crippen molar-refractivity contribution in [3.05, 3.63) is 84.4 Å². The third-order valence-electron chi connectivity index (χ3n) is 4.39. The fourth-order valence-corrected chi connectivity index (χ4v) is 3.31. The smallest absolute Gasteiger partial charge is 0.339 e. The lowest BCUT2D eigenvalue weighted by Crippen LogP contribution is -2.03. The monoisotopic (exact) mass is 346 g/mol. The number of fused-ring (bicyclic) bond motifs is 3. The third-order valence-corrected chi connectivity index (χ3v) is 4.49. The SMILES string of the molecule is O=C(OCCl)c1ccc(-c2cc3ccccc3c3ccccc23)cc1. The Labute approximate surface area is 150 Å². The summed E-state index contributed by atoms with van der Waals surface area (Å²) in [4.78, 5) is 11.8. The van der Waals surface area contributed by atoms with Gasteiger partial charge in [-0.3, -0.25) is 0 Å². The molecule has 0 N–H and O–H groups in total. The molecule has 4 rings (SSSR count). The molecule has 4 aromatic rings. The largest absolute Gasteiger partial charge is 0.446 e. The average molecular weight is 347 g/mol. The summed E-state index contributed by atoms with van der Waals surface area (Å²) in [5.41, 5.74) is 2.70. The van der Waals surface area contributed by atoms with Crippen LogP contribution in [0.5, 0.6) is 0 Å². The molecular weight excluding hydrogens is 332 g/mol. The zero-order valence-electron chi connectivity index (χ0n) is 13.4. The van der Waals surface area contributed by atoms with Gasteiger partial charge in [-0.25, -0.2) is 4.79 Å². The van der Waals surface area contributed by atoms with Crippen LogP contribution in [-0.4, -0.2) is 12.0 Å². The molecule has 0 unspecified atom stereocenters. The predicted octanol–water partition coefficient (Wildman–Crippen LogP) is 6.01. The molecule has 4 aromatic carbocycles. The Hall–Kier alpha value is -2.84. The number of carbonyl (C=O) groups is 1. The highest BCUT2D eigenvalue weighted by Gasteiger charge is 2.10. The number of esters is 1. The predicted molar refractivity (Wildman–Crippen MR) is 103 cm³/mol. The second-order valence-electron chi connectivity index (χ2n) is 5.81. The van der Waals surface area contributed by atoms with Crippen LogP contribution in [0.2, 0.25) is 0 Å². The van der Waals surface area contributed by atoms with Gasteiger partial charge < -0.3 is 4.74 Å². The van der Waals surface area contributed by atoms with E-state index in [2.05, 4.69) is 42.5 Å². The van der Waals surface area contributed by atoms with E-state index >= 15 is 0 Å². The molecule has 0 saturated heterocycles. The highest BCUT2D eigenvalue weighted by Crippen LogP contribution is 2.34. The molecule has 122 valence electrons. The first-order valence-electron chi connectivity index (χ1n) is 8.02. The second-order valence-corrected chi connectivity index (χ2v) is 6.03. The van der Waals surface area contributed by atoms with Crippen molar-refractivity contribution in [3.63, 3.8) is 0 Å². The Morgan fingerprint density at radius 1 is 0.800 bits per heavy atom. The fourth-order valence-electron chi connectivity index (χ4n) is 3.21. The van der Waals surface area contributed by atoms with Crippen LogP contribution in [0, 0.1) is 0 Å². The van der Waals surface area contributed by atoms with E-state index in [0.717, 1.165) is 11.1 Å². The number of carbonyl (C=O) groups excluding carboxylic acids is 1. The van der Waals surface area contributed by atoms with Crippen molar-refractivity contribution in [3.8, 4) is 11.1 Å². The minimum atomic E-state index is -0.412. The van der Waals surface area contributed by atoms with E-state index in [1.165, 1.54) is 21.5 Å². The minimum absolute atomic E-state index is 0.143. The van der Waals surface area contributed by atoms with E-state index in [9.17, 15) is 4.79 Å². The lowest BCUT2D eigenvalue weighted by Gasteiger charge is -2.11. The van der Waals surface area contributed by atoms with E-state index in [0.29, 0.717) is 5.56 Å². The third kappa shape index (κ3) is 2.86. The van der Waals surface area contributed by atoms with Crippen LogP contribution in [0.3, 0.4) is 0 Å². The van der Waals surface area contributed by atoms with Crippen molar-refractivity contribution in [1.82, 2.24) is 0 Å². The Morgan fingerprint density at radius 3 is 2.16 bits per heavy atom. The van der Waals surface area contributed by atoms with Crippen LogP contribution in [0.15, 0.2) is 78.9 Å². The lowest BCUT2D eigenvalue weighted by molar-refractivity contribution is 0.0574. The van der Waals surface area contributed by atoms with Gasteiger partial charge in [-0.05, 0) is 50.9 Å². The maximum atomic E-state index is 11.8. The molecule has 0 aliphatic heterocycles. The van der Waals surface area contributed by atoms with Crippen molar-refractivity contribution in [2.75, 3.05) is 6.07 Å². The molecule has 3 heteroatoms. The normalized spacial score (nSPS) is 10.9. The number of halogens is 1. The zero-order chi connectivity index (χ0) is 17.2. The van der Waals surface area contributed by atoms with Gasteiger partial charge in [0.05, 0.1) is 5.56 Å². The van der Waals surface area contributed by atoms with Crippen molar-refractivity contribution >= 4 is 39.1 Å². The van der Waals surface area contributed by atoms with Crippen LogP contribution < -0.4 is 0 Å². The fraction of sp³-hybridized carbons (Fsp3) is 0.0455. The second kappa shape index (κ2) is 6.58. The van der Waals surface area contributed by atoms with Gasteiger partial charge in [0.1, 0.15) is 0 Å². The van der Waals surface area contributed by atoms with Crippen LogP contribution in [0.4, 0.5) is 0 Å². The summed E-state index contributed by atoms with van der Waals surface area (Å²) in [7, 11) is 0. The quantitative estimate of drug-likeness (QED) is 0.258. The first-order chi connectivity index (χ1) is 12.3. The molecule has 0 saturated carbocycles. The summed E-state index contributed by atoms with van der Waals surface area (Å²) in [5.74, 6) is -0.412. The summed E-state index contributed by atoms with van der Waals surface area (Å²) >= 11 is 5.45. The highest BCUT2D eigenvalue weighted by molar-refractivity contribution is 6.17. The Kier molecular flexibility index (Phi) is 4.12. The van der Waals surface area contributed by atoms with Crippen molar-refractivity contribution in [2.24, 2.45) is 0 Å². The molecule has 25 heavy (non-hydrogen) atoms. The van der Waals surface area contributed by atoms with Gasteiger partial charge in [-0.15, -0.1) is 0 Å². The summed E-state index contributed by atoms with van der Waals surface area (Å²) < 4.78 is 4.83. The van der Waals surface area contributed by atoms with Crippen LogP contribution in [0.25, 0.3) is 32.7 Å². The lowest BCUT2D eigenvalue weighted by atomic mass is 9.93. The van der Waals surface area contributed by atoms with Gasteiger partial charge >= 0.3 is 5.97 Å². The Bertz CT molecular complexity index is 1070. The highest BCUT2D eigenvalue weighted by atomic mass is 35.5. The summed E-state index contributed by atoms with van der Waals surface area (Å²) in [5, 5.41) is 4.85. The minimum Gasteiger partial charge on any atom is -0.446 e. The number of ether oxygens (including phenoxy) is 1. The molecular formula is C22H15ClO2. The molecule has 0 bridgehead atoms. The number of hydrogen-bond donors (Lipinski definition) is 0. The van der Waals surface area contributed by atoms with Crippen molar-refractivity contribution < 1.29 is 9.53 Å². The van der Waals surface area contributed by atoms with Gasteiger partial charge in [-0.2, -0.15) is 0 Å². The van der Waals surface area contributed by atoms with E-state index in [1.807, 2.05) is 24.3 Å². The standard InChI is InChI=1S/C22H15ClO2/c23-14-25-22(24)16-11-9-15(10-12-16)21-13-17-5-1-2-6-18(17)19-7-3-4-8-20(19)21/h1-13H,14H2. The molecule has 0 aliphatic carbocycles. The van der Waals surface area contributed by atoms with Gasteiger partial charge in [0.25, 0.3) is 0 Å². The first kappa shape index (κ1) is 15.7. The molecule has 0 spiro atoms. The molecule has 0 fully saturated rings. The summed E-state index contributed by atoms with van der Waals surface area (Å²) in [6.07, 6.45) is 0. The molecule has 0 aromatic heterocycles. The maximum absolute atomic E-state index is 11.8. The number of alkyl halides is 1. The van der Waals surface area contributed by atoms with Gasteiger partial charge in [0, 0.05) is 0 Å². The zero-order valence-corrected chi connectivity index (χ0v) is 14.2. The molecule has 0 amide bonds. The summed E-state index contributed by atoms with van der Waals surface area (Å²) in [6, 6.07) is 26.3. The molecule has 0 aliphatic rings. The van der Waals surface area contributed by atoms with E-state index in [-0.39, 0.29) is 6.07 Å². The Morgan fingerprint density at radius 2 is 1.44 bits per heavy atom. The molecule has 0 radical (unpaired) electrons. The summed E-state index contributed by atoms with van der Waals surface area (Å²) in [6.45, 7) is 0. The first-order valence-corrected chi connectivity index (χ1v) is 8.55. The number of hydrogen-bond acceptors (Lipinski definition) is 2. The molecule has 0 heterocycles. The van der Waals surface area contributed by atoms with Crippen LogP contribution in [-0.2, 0) is 4.74 Å².